The first-order valence-electron chi connectivity index (χ1n) is 11.0. The number of anilines is 1. The Balaban J connectivity index is 1.30. The molecule has 6 rings (SSSR count). The molecule has 2 aromatic heterocycles. The predicted octanol–water partition coefficient (Wildman–Crippen LogP) is 0.886. The van der Waals surface area contributed by atoms with Crippen molar-refractivity contribution in [3.05, 3.63) is 0 Å². The van der Waals surface area contributed by atoms with Crippen LogP contribution in [-0.2, 0) is 0 Å². The summed E-state index contributed by atoms with van der Waals surface area (Å²) in [6.07, 6.45) is 10.5. The van der Waals surface area contributed by atoms with Gasteiger partial charge in [-0.05, 0) is 42.9 Å². The first-order valence-corrected chi connectivity index (χ1v) is 11.0. The van der Waals surface area contributed by atoms with Gasteiger partial charge in [-0.25, -0.2) is 9.97 Å². The molecular formula is C20H29BN6O. The molecule has 0 radical (unpaired) electrons. The lowest BCUT2D eigenvalue weighted by molar-refractivity contribution is 0.117. The van der Waals surface area contributed by atoms with Gasteiger partial charge >= 0.3 is 0 Å². The summed E-state index contributed by atoms with van der Waals surface area (Å²) in [5, 5.41) is 7.25. The molecule has 2 aromatic rings. The number of nitrogens with two attached hydrogens (primary N) is 1. The van der Waals surface area contributed by atoms with E-state index in [1.807, 2.05) is 7.85 Å². The minimum atomic E-state index is 0.289. The molecule has 7 nitrogen and oxygen atoms in total. The molecule has 0 amide bonds. The molecular weight excluding hydrogens is 351 g/mol. The number of H-pyrrole nitrogens is 1. The van der Waals surface area contributed by atoms with Crippen molar-refractivity contribution in [1.82, 2.24) is 20.2 Å². The summed E-state index contributed by atoms with van der Waals surface area (Å²) >= 11 is 0. The van der Waals surface area contributed by atoms with Gasteiger partial charge in [0, 0.05) is 18.2 Å². The fourth-order valence-corrected chi connectivity index (χ4v) is 6.76. The lowest BCUT2D eigenvalue weighted by atomic mass is 9.70. The van der Waals surface area contributed by atoms with Crippen LogP contribution in [0.3, 0.4) is 0 Å². The first kappa shape index (κ1) is 17.1. The van der Waals surface area contributed by atoms with E-state index in [0.717, 1.165) is 47.4 Å². The quantitative estimate of drug-likeness (QED) is 0.660. The molecule has 0 bridgehead atoms. The van der Waals surface area contributed by atoms with Crippen LogP contribution >= 0.6 is 0 Å². The summed E-state index contributed by atoms with van der Waals surface area (Å²) in [4.78, 5) is 11.9. The van der Waals surface area contributed by atoms with Gasteiger partial charge in [-0.3, -0.25) is 5.10 Å². The zero-order chi connectivity index (χ0) is 18.9. The minimum absolute atomic E-state index is 0.289. The minimum Gasteiger partial charge on any atom is -0.473 e. The van der Waals surface area contributed by atoms with Crippen LogP contribution < -0.4 is 21.0 Å². The Bertz CT molecular complexity index is 917. The zero-order valence-corrected chi connectivity index (χ0v) is 16.7. The number of rotatable bonds is 0. The predicted molar refractivity (Wildman–Crippen MR) is 111 cm³/mol. The van der Waals surface area contributed by atoms with Crippen molar-refractivity contribution in [2.24, 2.45) is 23.0 Å². The highest BCUT2D eigenvalue weighted by Gasteiger charge is 2.55. The molecule has 28 heavy (non-hydrogen) atoms. The molecule has 0 aromatic carbocycles. The van der Waals surface area contributed by atoms with Crippen LogP contribution in [0, 0.1) is 17.3 Å². The van der Waals surface area contributed by atoms with Crippen LogP contribution in [0.15, 0.2) is 0 Å². The maximum atomic E-state index is 6.96. The van der Waals surface area contributed by atoms with Crippen molar-refractivity contribution >= 4 is 30.4 Å². The molecule has 5 unspecified atom stereocenters. The number of ether oxygens (including phenoxy) is 1. The van der Waals surface area contributed by atoms with Gasteiger partial charge in [-0.1, -0.05) is 25.7 Å². The number of aromatic nitrogens is 4. The molecule has 4 heterocycles. The van der Waals surface area contributed by atoms with Crippen molar-refractivity contribution in [1.29, 1.82) is 0 Å². The molecule has 1 saturated heterocycles. The monoisotopic (exact) mass is 380 g/mol. The third-order valence-electron chi connectivity index (χ3n) is 8.19. The summed E-state index contributed by atoms with van der Waals surface area (Å²) in [6.45, 7) is 1.69. The SMILES string of the molecule is Bc1n[nH]c2nc3c(nc12)OCC1CC2(CCN31)CC1CCCCCC1C2N. The number of piperidine rings is 1. The average molecular weight is 380 g/mol. The van der Waals surface area contributed by atoms with E-state index in [1.165, 1.54) is 44.9 Å². The third kappa shape index (κ3) is 2.36. The summed E-state index contributed by atoms with van der Waals surface area (Å²) in [5.41, 5.74) is 9.67. The summed E-state index contributed by atoms with van der Waals surface area (Å²) in [6, 6.07) is 0.702. The summed E-state index contributed by atoms with van der Waals surface area (Å²) in [5.74, 6) is 3.11. The molecule has 3 fully saturated rings. The fraction of sp³-hybridized carbons (Fsp3) is 0.750. The average Bonchev–Trinajstić information content (AvgIpc) is 3.06. The van der Waals surface area contributed by atoms with Gasteiger partial charge < -0.3 is 15.4 Å². The Morgan fingerprint density at radius 1 is 1.18 bits per heavy atom. The van der Waals surface area contributed by atoms with E-state index in [9.17, 15) is 0 Å². The molecule has 3 N–H and O–H groups in total. The van der Waals surface area contributed by atoms with Crippen LogP contribution in [0.1, 0.15) is 51.4 Å². The van der Waals surface area contributed by atoms with Crippen molar-refractivity contribution < 1.29 is 4.74 Å². The molecule has 2 aliphatic carbocycles. The number of fused-ring (bicyclic) bond motifs is 5. The number of nitrogens with one attached hydrogen (secondary N) is 1. The molecule has 2 aliphatic heterocycles. The van der Waals surface area contributed by atoms with Crippen LogP contribution in [-0.4, -0.2) is 53.2 Å². The van der Waals surface area contributed by atoms with Crippen molar-refractivity contribution in [2.75, 3.05) is 18.1 Å². The van der Waals surface area contributed by atoms with E-state index in [4.69, 9.17) is 20.4 Å². The van der Waals surface area contributed by atoms with Gasteiger partial charge in [-0.15, -0.1) is 0 Å². The second-order valence-corrected chi connectivity index (χ2v) is 9.63. The smallest absolute Gasteiger partial charge is 0.258 e. The largest absolute Gasteiger partial charge is 0.473 e. The van der Waals surface area contributed by atoms with Gasteiger partial charge in [0.1, 0.15) is 12.1 Å². The number of nitrogens with zero attached hydrogens (tertiary/aromatic N) is 4. The third-order valence-corrected chi connectivity index (χ3v) is 8.19. The van der Waals surface area contributed by atoms with Gasteiger partial charge in [0.2, 0.25) is 0 Å². The van der Waals surface area contributed by atoms with Crippen LogP contribution in [0.5, 0.6) is 5.88 Å². The molecule has 2 saturated carbocycles. The van der Waals surface area contributed by atoms with Gasteiger partial charge in [0.25, 0.3) is 5.88 Å². The standard InChI is InChI=1S/C20H29BN6O/c21-16-14-17(26-25-16)24-18-19(23-14)28-10-12-9-20(6-7-27(12)18)8-11-4-2-1-3-5-13(11)15(20)22/h11-13,15H,1-10,21-22H2,(H,24,25,26). The molecule has 148 valence electrons. The Kier molecular flexibility index (Phi) is 3.71. The molecule has 8 heteroatoms. The Morgan fingerprint density at radius 3 is 3.00 bits per heavy atom. The molecule has 1 spiro atoms. The summed E-state index contributed by atoms with van der Waals surface area (Å²) < 4.78 is 6.10. The topological polar surface area (TPSA) is 92.9 Å². The van der Waals surface area contributed by atoms with Crippen LogP contribution in [0.4, 0.5) is 5.82 Å². The van der Waals surface area contributed by atoms with E-state index in [0.29, 0.717) is 24.6 Å². The number of hydrogen-bond donors (Lipinski definition) is 2. The molecule has 5 atom stereocenters. The maximum Gasteiger partial charge on any atom is 0.258 e. The summed E-state index contributed by atoms with van der Waals surface area (Å²) in [7, 11) is 1.94. The van der Waals surface area contributed by atoms with E-state index >= 15 is 0 Å². The molecule has 4 aliphatic rings. The second-order valence-electron chi connectivity index (χ2n) is 9.63. The maximum absolute atomic E-state index is 6.96. The first-order chi connectivity index (χ1) is 13.6. The van der Waals surface area contributed by atoms with Gasteiger partial charge in [0.05, 0.1) is 6.04 Å². The van der Waals surface area contributed by atoms with Crippen molar-refractivity contribution in [3.63, 3.8) is 0 Å². The van der Waals surface area contributed by atoms with E-state index < -0.39 is 0 Å². The van der Waals surface area contributed by atoms with E-state index in [2.05, 4.69) is 15.1 Å². The number of aromatic amines is 1. The fourth-order valence-electron chi connectivity index (χ4n) is 6.76. The number of hydrogen-bond acceptors (Lipinski definition) is 6. The highest BCUT2D eigenvalue weighted by Crippen LogP contribution is 2.56. The van der Waals surface area contributed by atoms with E-state index in [-0.39, 0.29) is 5.41 Å². The lowest BCUT2D eigenvalue weighted by Crippen LogP contribution is -2.56. The van der Waals surface area contributed by atoms with Gasteiger partial charge in [0.15, 0.2) is 19.3 Å². The van der Waals surface area contributed by atoms with Crippen molar-refractivity contribution in [2.45, 2.75) is 63.5 Å². The Labute approximate surface area is 166 Å². The lowest BCUT2D eigenvalue weighted by Gasteiger charge is -2.49. The Hall–Kier alpha value is -1.83. The van der Waals surface area contributed by atoms with E-state index in [1.54, 1.807) is 0 Å². The Morgan fingerprint density at radius 2 is 2.07 bits per heavy atom. The van der Waals surface area contributed by atoms with Gasteiger partial charge in [-0.2, -0.15) is 5.10 Å². The second kappa shape index (κ2) is 6.08. The highest BCUT2D eigenvalue weighted by molar-refractivity contribution is 6.36. The normalized spacial score (nSPS) is 37.2. The zero-order valence-electron chi connectivity index (χ0n) is 16.7. The van der Waals surface area contributed by atoms with Crippen LogP contribution in [0.25, 0.3) is 11.2 Å². The van der Waals surface area contributed by atoms with Crippen LogP contribution in [0.2, 0.25) is 0 Å². The highest BCUT2D eigenvalue weighted by atomic mass is 16.5. The van der Waals surface area contributed by atoms with Crippen molar-refractivity contribution in [3.8, 4) is 5.88 Å².